The number of carbonyl (C=O) groups is 1. The van der Waals surface area contributed by atoms with E-state index >= 15 is 0 Å². The van der Waals surface area contributed by atoms with Gasteiger partial charge in [-0.2, -0.15) is 0 Å². The third-order valence-corrected chi connectivity index (χ3v) is 3.61. The topological polar surface area (TPSA) is 98.7 Å². The highest BCUT2D eigenvalue weighted by atomic mass is 16.6. The molecular formula is C14H19N3O4. The van der Waals surface area contributed by atoms with Crippen LogP contribution in [-0.2, 0) is 4.74 Å². The largest absolute Gasteiger partial charge is 0.393 e. The molecule has 0 aliphatic carbocycles. The van der Waals surface area contributed by atoms with Crippen molar-refractivity contribution in [3.63, 3.8) is 0 Å². The molecule has 1 aromatic rings. The second-order valence-corrected chi connectivity index (χ2v) is 4.95. The third kappa shape index (κ3) is 3.30. The molecule has 0 saturated carbocycles. The first-order valence-corrected chi connectivity index (χ1v) is 6.98. The average Bonchev–Trinajstić information content (AvgIpc) is 2.47. The van der Waals surface area contributed by atoms with E-state index in [1.54, 1.807) is 11.0 Å². The second-order valence-electron chi connectivity index (χ2n) is 4.95. The lowest BCUT2D eigenvalue weighted by Crippen LogP contribution is -2.41. The van der Waals surface area contributed by atoms with Gasteiger partial charge in [0.15, 0.2) is 0 Å². The van der Waals surface area contributed by atoms with Crippen molar-refractivity contribution < 1.29 is 14.5 Å². The summed E-state index contributed by atoms with van der Waals surface area (Å²) in [5, 5.41) is 11.1. The van der Waals surface area contributed by atoms with Crippen LogP contribution in [0.3, 0.4) is 0 Å². The molecule has 0 bridgehead atoms. The molecule has 7 nitrogen and oxygen atoms in total. The fraction of sp³-hybridized carbons (Fsp3) is 0.500. The first-order valence-electron chi connectivity index (χ1n) is 6.98. The summed E-state index contributed by atoms with van der Waals surface area (Å²) >= 11 is 0. The summed E-state index contributed by atoms with van der Waals surface area (Å²) in [6.07, 6.45) is 1.65. The van der Waals surface area contributed by atoms with Gasteiger partial charge in [-0.25, -0.2) is 0 Å². The maximum Gasteiger partial charge on any atom is 0.304 e. The van der Waals surface area contributed by atoms with E-state index in [0.29, 0.717) is 19.7 Å². The fourth-order valence-corrected chi connectivity index (χ4v) is 2.57. The Balaban J connectivity index is 2.15. The highest BCUT2D eigenvalue weighted by molar-refractivity contribution is 6.00. The molecule has 0 unspecified atom stereocenters. The van der Waals surface area contributed by atoms with E-state index in [4.69, 9.17) is 10.5 Å². The number of nitro groups is 1. The highest BCUT2D eigenvalue weighted by Gasteiger charge is 2.29. The van der Waals surface area contributed by atoms with Crippen molar-refractivity contribution in [1.29, 1.82) is 0 Å². The predicted molar refractivity (Wildman–Crippen MR) is 78.1 cm³/mol. The van der Waals surface area contributed by atoms with Gasteiger partial charge in [0.2, 0.25) is 0 Å². The summed E-state index contributed by atoms with van der Waals surface area (Å²) in [4.78, 5) is 24.6. The number of carbonyl (C=O) groups excluding carboxylic acids is 1. The van der Waals surface area contributed by atoms with E-state index in [2.05, 4.69) is 0 Å². The van der Waals surface area contributed by atoms with Gasteiger partial charge in [0.05, 0.1) is 11.0 Å². The lowest BCUT2D eigenvalue weighted by Gasteiger charge is -2.31. The summed E-state index contributed by atoms with van der Waals surface area (Å²) in [5.74, 6) is -0.344. The number of ether oxygens (including phenoxy) is 1. The SMILES string of the molecule is CCOC1CCN(C(=O)c2cccc(N)c2[N+](=O)[O-])CC1. The fourth-order valence-electron chi connectivity index (χ4n) is 2.57. The van der Waals surface area contributed by atoms with Crippen LogP contribution in [0.15, 0.2) is 18.2 Å². The molecule has 1 aliphatic heterocycles. The minimum atomic E-state index is -0.602. The molecule has 1 aromatic carbocycles. The van der Waals surface area contributed by atoms with Crippen molar-refractivity contribution in [3.05, 3.63) is 33.9 Å². The van der Waals surface area contributed by atoms with Crippen molar-refractivity contribution in [2.45, 2.75) is 25.9 Å². The van der Waals surface area contributed by atoms with Crippen LogP contribution in [0, 0.1) is 10.1 Å². The molecule has 1 amide bonds. The minimum absolute atomic E-state index is 0.00931. The number of para-hydroxylation sites is 1. The smallest absolute Gasteiger partial charge is 0.304 e. The number of nitro benzene ring substituents is 1. The van der Waals surface area contributed by atoms with Gasteiger partial charge >= 0.3 is 5.69 Å². The highest BCUT2D eigenvalue weighted by Crippen LogP contribution is 2.28. The van der Waals surface area contributed by atoms with E-state index in [9.17, 15) is 14.9 Å². The number of rotatable bonds is 4. The second kappa shape index (κ2) is 6.53. The van der Waals surface area contributed by atoms with Crippen LogP contribution < -0.4 is 5.73 Å². The van der Waals surface area contributed by atoms with Gasteiger partial charge in [-0.15, -0.1) is 0 Å². The number of hydrogen-bond donors (Lipinski definition) is 1. The zero-order chi connectivity index (χ0) is 15.4. The van der Waals surface area contributed by atoms with E-state index < -0.39 is 4.92 Å². The number of nitrogens with zero attached hydrogens (tertiary/aromatic N) is 2. The monoisotopic (exact) mass is 293 g/mol. The summed E-state index contributed by atoms with van der Waals surface area (Å²) in [5.41, 5.74) is 5.37. The Morgan fingerprint density at radius 3 is 2.71 bits per heavy atom. The summed E-state index contributed by atoms with van der Waals surface area (Å²) in [6, 6.07) is 4.43. The number of likely N-dealkylation sites (tertiary alicyclic amines) is 1. The van der Waals surface area contributed by atoms with Gasteiger partial charge in [0, 0.05) is 19.7 Å². The van der Waals surface area contributed by atoms with Crippen LogP contribution in [0.5, 0.6) is 0 Å². The molecular weight excluding hydrogens is 274 g/mol. The van der Waals surface area contributed by atoms with E-state index in [1.807, 2.05) is 6.92 Å². The van der Waals surface area contributed by atoms with Crippen molar-refractivity contribution in [2.24, 2.45) is 0 Å². The van der Waals surface area contributed by atoms with E-state index in [-0.39, 0.29) is 28.9 Å². The Labute approximate surface area is 122 Å². The first-order chi connectivity index (χ1) is 10.0. The van der Waals surface area contributed by atoms with Gasteiger partial charge in [0.1, 0.15) is 11.3 Å². The Morgan fingerprint density at radius 1 is 1.48 bits per heavy atom. The molecule has 1 heterocycles. The number of piperidine rings is 1. The summed E-state index contributed by atoms with van der Waals surface area (Å²) in [7, 11) is 0. The molecule has 1 fully saturated rings. The van der Waals surface area contributed by atoms with Gasteiger partial charge in [-0.3, -0.25) is 14.9 Å². The van der Waals surface area contributed by atoms with Crippen molar-refractivity contribution >= 4 is 17.3 Å². The predicted octanol–water partition coefficient (Wildman–Crippen LogP) is 1.82. The molecule has 2 N–H and O–H groups in total. The molecule has 21 heavy (non-hydrogen) atoms. The summed E-state index contributed by atoms with van der Waals surface area (Å²) in [6.45, 7) is 3.66. The lowest BCUT2D eigenvalue weighted by molar-refractivity contribution is -0.384. The number of nitrogen functional groups attached to an aromatic ring is 1. The molecule has 7 heteroatoms. The maximum atomic E-state index is 12.5. The average molecular weight is 293 g/mol. The Morgan fingerprint density at radius 2 is 2.14 bits per heavy atom. The standard InChI is InChI=1S/C14H19N3O4/c1-2-21-10-6-8-16(9-7-10)14(18)11-4-3-5-12(15)13(11)17(19)20/h3-5,10H,2,6-9,15H2,1H3. The Bertz CT molecular complexity index is 539. The molecule has 1 saturated heterocycles. The normalized spacial score (nSPS) is 16.0. The molecule has 1 aliphatic rings. The van der Waals surface area contributed by atoms with Crippen LogP contribution in [0.4, 0.5) is 11.4 Å². The lowest BCUT2D eigenvalue weighted by atomic mass is 10.0. The van der Waals surface area contributed by atoms with Crippen LogP contribution in [0.1, 0.15) is 30.1 Å². The molecule has 114 valence electrons. The first kappa shape index (κ1) is 15.2. The minimum Gasteiger partial charge on any atom is -0.393 e. The zero-order valence-electron chi connectivity index (χ0n) is 11.9. The molecule has 0 spiro atoms. The van der Waals surface area contributed by atoms with Crippen LogP contribution in [0.25, 0.3) is 0 Å². The number of hydrogen-bond acceptors (Lipinski definition) is 5. The quantitative estimate of drug-likeness (QED) is 0.518. The van der Waals surface area contributed by atoms with Gasteiger partial charge in [-0.1, -0.05) is 6.07 Å². The third-order valence-electron chi connectivity index (χ3n) is 3.61. The number of anilines is 1. The molecule has 2 rings (SSSR count). The Hall–Kier alpha value is -2.15. The van der Waals surface area contributed by atoms with Crippen LogP contribution in [0.2, 0.25) is 0 Å². The zero-order valence-corrected chi connectivity index (χ0v) is 11.9. The van der Waals surface area contributed by atoms with Gasteiger partial charge < -0.3 is 15.4 Å². The maximum absolute atomic E-state index is 12.5. The summed E-state index contributed by atoms with van der Waals surface area (Å²) < 4.78 is 5.53. The van der Waals surface area contributed by atoms with Gasteiger partial charge in [-0.05, 0) is 31.9 Å². The van der Waals surface area contributed by atoms with Gasteiger partial charge in [0.25, 0.3) is 5.91 Å². The Kier molecular flexibility index (Phi) is 4.74. The van der Waals surface area contributed by atoms with Crippen LogP contribution in [-0.4, -0.2) is 41.5 Å². The van der Waals surface area contributed by atoms with Crippen molar-refractivity contribution in [1.82, 2.24) is 4.90 Å². The number of amides is 1. The number of nitrogens with two attached hydrogens (primary N) is 1. The molecule has 0 radical (unpaired) electrons. The van der Waals surface area contributed by atoms with Crippen LogP contribution >= 0.6 is 0 Å². The number of benzene rings is 1. The van der Waals surface area contributed by atoms with E-state index in [0.717, 1.165) is 12.8 Å². The molecule has 0 aromatic heterocycles. The van der Waals surface area contributed by atoms with Crippen molar-refractivity contribution in [2.75, 3.05) is 25.4 Å². The molecule has 0 atom stereocenters. The van der Waals surface area contributed by atoms with Crippen molar-refractivity contribution in [3.8, 4) is 0 Å². The van der Waals surface area contributed by atoms with E-state index in [1.165, 1.54) is 12.1 Å².